The second-order valence-corrected chi connectivity index (χ2v) is 9.17. The molecule has 4 aliphatic rings. The maximum absolute atomic E-state index is 13.6. The van der Waals surface area contributed by atoms with E-state index in [0.717, 1.165) is 32.1 Å². The minimum Gasteiger partial charge on any atom is -0.391 e. The summed E-state index contributed by atoms with van der Waals surface area (Å²) in [4.78, 5) is 29.5. The summed E-state index contributed by atoms with van der Waals surface area (Å²) in [5.41, 5.74) is -0.459. The Labute approximate surface area is 174 Å². The zero-order valence-electron chi connectivity index (χ0n) is 16.6. The second-order valence-electron chi connectivity index (χ2n) is 9.17. The Morgan fingerprint density at radius 1 is 1.00 bits per heavy atom. The molecule has 4 saturated carbocycles. The summed E-state index contributed by atoms with van der Waals surface area (Å²) in [5.74, 6) is 0.448. The van der Waals surface area contributed by atoms with Crippen LogP contribution in [0.15, 0.2) is 48.7 Å². The highest BCUT2D eigenvalue weighted by Gasteiger charge is 2.59. The van der Waals surface area contributed by atoms with Crippen LogP contribution in [0.2, 0.25) is 0 Å². The van der Waals surface area contributed by atoms with Gasteiger partial charge in [0, 0.05) is 28.9 Å². The zero-order chi connectivity index (χ0) is 20.8. The molecule has 2 N–H and O–H groups in total. The molecule has 4 aliphatic carbocycles. The van der Waals surface area contributed by atoms with Crippen LogP contribution in [0.4, 0.5) is 9.18 Å². The average molecular weight is 409 g/mol. The first-order valence-corrected chi connectivity index (χ1v) is 10.4. The first kappa shape index (κ1) is 19.0. The van der Waals surface area contributed by atoms with E-state index in [1.54, 1.807) is 36.5 Å². The SMILES string of the molecule is O=C(NC12CC3CC(C1)CC(NC(=O)c1cccc(F)c1)(C3)C2)Oc1ccccn1. The van der Waals surface area contributed by atoms with Gasteiger partial charge in [-0.1, -0.05) is 12.1 Å². The highest BCUT2D eigenvalue weighted by atomic mass is 19.1. The molecule has 156 valence electrons. The predicted octanol–water partition coefficient (Wildman–Crippen LogP) is 3.83. The molecule has 6 rings (SSSR count). The molecule has 1 aromatic heterocycles. The van der Waals surface area contributed by atoms with Gasteiger partial charge in [0.1, 0.15) is 5.82 Å². The maximum atomic E-state index is 13.6. The van der Waals surface area contributed by atoms with Gasteiger partial charge in [0.2, 0.25) is 5.88 Å². The molecule has 2 unspecified atom stereocenters. The fourth-order valence-electron chi connectivity index (χ4n) is 6.24. The largest absolute Gasteiger partial charge is 0.414 e. The van der Waals surface area contributed by atoms with E-state index in [1.165, 1.54) is 12.1 Å². The van der Waals surface area contributed by atoms with Crippen LogP contribution in [0.1, 0.15) is 48.9 Å². The van der Waals surface area contributed by atoms with Crippen molar-refractivity contribution in [3.8, 4) is 5.88 Å². The number of nitrogens with zero attached hydrogens (tertiary/aromatic N) is 1. The molecular weight excluding hydrogens is 385 g/mol. The summed E-state index contributed by atoms with van der Waals surface area (Å²) < 4.78 is 18.9. The fraction of sp³-hybridized carbons (Fsp3) is 0.435. The van der Waals surface area contributed by atoms with Crippen LogP contribution in [-0.2, 0) is 0 Å². The van der Waals surface area contributed by atoms with Gasteiger partial charge in [-0.15, -0.1) is 0 Å². The molecule has 1 heterocycles. The number of aromatic nitrogens is 1. The van der Waals surface area contributed by atoms with Gasteiger partial charge < -0.3 is 15.4 Å². The number of amides is 2. The Bertz CT molecular complexity index is 967. The lowest BCUT2D eigenvalue weighted by molar-refractivity contribution is -0.0449. The molecule has 0 radical (unpaired) electrons. The third-order valence-corrected chi connectivity index (χ3v) is 6.73. The Morgan fingerprint density at radius 2 is 1.73 bits per heavy atom. The molecule has 4 bridgehead atoms. The van der Waals surface area contributed by atoms with Gasteiger partial charge in [0.25, 0.3) is 5.91 Å². The monoisotopic (exact) mass is 409 g/mol. The van der Waals surface area contributed by atoms with Gasteiger partial charge in [0.15, 0.2) is 0 Å². The van der Waals surface area contributed by atoms with Crippen molar-refractivity contribution in [2.75, 3.05) is 0 Å². The highest BCUT2D eigenvalue weighted by molar-refractivity contribution is 5.94. The van der Waals surface area contributed by atoms with Crippen molar-refractivity contribution in [1.82, 2.24) is 15.6 Å². The van der Waals surface area contributed by atoms with Crippen molar-refractivity contribution >= 4 is 12.0 Å². The van der Waals surface area contributed by atoms with E-state index in [4.69, 9.17) is 4.74 Å². The summed E-state index contributed by atoms with van der Waals surface area (Å²) in [5, 5.41) is 6.31. The minimum atomic E-state index is -0.512. The van der Waals surface area contributed by atoms with E-state index in [2.05, 4.69) is 15.6 Å². The first-order chi connectivity index (χ1) is 14.4. The Morgan fingerprint density at radius 3 is 2.40 bits per heavy atom. The molecular formula is C23H24FN3O3. The lowest BCUT2D eigenvalue weighted by Gasteiger charge is -2.62. The van der Waals surface area contributed by atoms with E-state index in [0.29, 0.717) is 23.8 Å². The molecule has 4 fully saturated rings. The normalized spacial score (nSPS) is 31.2. The van der Waals surface area contributed by atoms with Crippen molar-refractivity contribution in [1.29, 1.82) is 0 Å². The fourth-order valence-corrected chi connectivity index (χ4v) is 6.24. The van der Waals surface area contributed by atoms with Crippen LogP contribution in [0.3, 0.4) is 0 Å². The number of hydrogen-bond donors (Lipinski definition) is 2. The number of nitrogens with one attached hydrogen (secondary N) is 2. The molecule has 7 heteroatoms. The van der Waals surface area contributed by atoms with E-state index in [1.807, 2.05) is 0 Å². The smallest absolute Gasteiger partial charge is 0.391 e. The third-order valence-electron chi connectivity index (χ3n) is 6.73. The van der Waals surface area contributed by atoms with Gasteiger partial charge in [-0.2, -0.15) is 0 Å². The molecule has 2 atom stereocenters. The number of pyridine rings is 1. The summed E-state index contributed by atoms with van der Waals surface area (Å²) >= 11 is 0. The molecule has 6 nitrogen and oxygen atoms in total. The van der Waals surface area contributed by atoms with E-state index >= 15 is 0 Å². The molecule has 2 aromatic rings. The summed E-state index contributed by atoms with van der Waals surface area (Å²) in [6, 6.07) is 10.9. The van der Waals surface area contributed by atoms with Gasteiger partial charge in [-0.3, -0.25) is 4.79 Å². The van der Waals surface area contributed by atoms with Crippen LogP contribution in [0, 0.1) is 17.7 Å². The van der Waals surface area contributed by atoms with Crippen LogP contribution in [0.25, 0.3) is 0 Å². The number of rotatable bonds is 4. The molecule has 2 amide bonds. The lowest BCUT2D eigenvalue weighted by atomic mass is 9.50. The van der Waals surface area contributed by atoms with Crippen molar-refractivity contribution in [3.05, 3.63) is 60.0 Å². The number of hydrogen-bond acceptors (Lipinski definition) is 4. The van der Waals surface area contributed by atoms with E-state index < -0.39 is 17.4 Å². The van der Waals surface area contributed by atoms with Gasteiger partial charge in [0.05, 0.1) is 0 Å². The maximum Gasteiger partial charge on any atom is 0.414 e. The van der Waals surface area contributed by atoms with Gasteiger partial charge >= 0.3 is 6.09 Å². The zero-order valence-corrected chi connectivity index (χ0v) is 16.6. The van der Waals surface area contributed by atoms with Gasteiger partial charge in [-0.05, 0) is 74.6 Å². The number of carbonyl (C=O) groups is 2. The van der Waals surface area contributed by atoms with Crippen LogP contribution >= 0.6 is 0 Å². The molecule has 30 heavy (non-hydrogen) atoms. The second kappa shape index (κ2) is 7.07. The third kappa shape index (κ3) is 3.64. The molecule has 0 spiro atoms. The van der Waals surface area contributed by atoms with Crippen LogP contribution in [-0.4, -0.2) is 28.1 Å². The van der Waals surface area contributed by atoms with E-state index in [-0.39, 0.29) is 17.3 Å². The van der Waals surface area contributed by atoms with Crippen molar-refractivity contribution < 1.29 is 18.7 Å². The Kier molecular flexibility index (Phi) is 4.49. The first-order valence-electron chi connectivity index (χ1n) is 10.4. The topological polar surface area (TPSA) is 80.3 Å². The summed E-state index contributed by atoms with van der Waals surface area (Å²) in [6.07, 6.45) is 6.40. The number of benzene rings is 1. The number of carbonyl (C=O) groups excluding carboxylic acids is 2. The van der Waals surface area contributed by atoms with E-state index in [9.17, 15) is 14.0 Å². The van der Waals surface area contributed by atoms with Crippen molar-refractivity contribution in [2.45, 2.75) is 49.6 Å². The Hall–Kier alpha value is -2.96. The number of ether oxygens (including phenoxy) is 1. The van der Waals surface area contributed by atoms with Gasteiger partial charge in [-0.25, -0.2) is 14.2 Å². The van der Waals surface area contributed by atoms with Crippen LogP contribution in [0.5, 0.6) is 5.88 Å². The minimum absolute atomic E-state index is 0.258. The van der Waals surface area contributed by atoms with Crippen LogP contribution < -0.4 is 15.4 Å². The quantitative estimate of drug-likeness (QED) is 0.804. The lowest BCUT2D eigenvalue weighted by Crippen LogP contribution is -2.70. The highest BCUT2D eigenvalue weighted by Crippen LogP contribution is 2.57. The summed E-state index contributed by atoms with van der Waals surface area (Å²) in [7, 11) is 0. The predicted molar refractivity (Wildman–Crippen MR) is 107 cm³/mol. The Balaban J connectivity index is 1.33. The standard InChI is InChI=1S/C23H24FN3O3/c24-18-5-3-4-17(9-18)20(28)26-22-10-15-8-16(11-22)13-23(12-15,14-22)27-21(29)30-19-6-1-2-7-25-19/h1-7,9,15-16H,8,10-14H2,(H,26,28)(H,27,29). The van der Waals surface area contributed by atoms with Crippen molar-refractivity contribution in [3.63, 3.8) is 0 Å². The molecule has 0 saturated heterocycles. The summed E-state index contributed by atoms with van der Waals surface area (Å²) in [6.45, 7) is 0. The average Bonchev–Trinajstić information content (AvgIpc) is 2.66. The van der Waals surface area contributed by atoms with Crippen molar-refractivity contribution in [2.24, 2.45) is 11.8 Å². The molecule has 0 aliphatic heterocycles. The molecule has 1 aromatic carbocycles. The number of halogens is 1.